The fraction of sp³-hybridized carbons (Fsp3) is 0.0556. The van der Waals surface area contributed by atoms with Crippen molar-refractivity contribution in [1.29, 1.82) is 0 Å². The molecule has 4 heterocycles. The molecule has 0 bridgehead atoms. The molecule has 0 radical (unpaired) electrons. The average Bonchev–Trinajstić information content (AvgIpc) is 2.69. The lowest BCUT2D eigenvalue weighted by Gasteiger charge is -2.24. The van der Waals surface area contributed by atoms with E-state index in [1.165, 1.54) is 18.6 Å². The van der Waals surface area contributed by atoms with Crippen LogP contribution in [0.15, 0.2) is 64.7 Å². The van der Waals surface area contributed by atoms with Gasteiger partial charge in [0, 0.05) is 18.5 Å². The number of imide groups is 2. The molecule has 3 aromatic heterocycles. The topological polar surface area (TPSA) is 147 Å². The third-order valence-corrected chi connectivity index (χ3v) is 3.92. The van der Waals surface area contributed by atoms with Gasteiger partial charge in [0.15, 0.2) is 0 Å². The van der Waals surface area contributed by atoms with Gasteiger partial charge in [-0.25, -0.2) is 19.1 Å². The molecule has 0 atom stereocenters. The third kappa shape index (κ3) is 4.64. The molecule has 1 fully saturated rings. The lowest BCUT2D eigenvalue weighted by Crippen LogP contribution is -2.52. The van der Waals surface area contributed by atoms with Crippen LogP contribution in [-0.2, 0) is 9.59 Å². The Morgan fingerprint density at radius 2 is 1.57 bits per heavy atom. The fourth-order valence-electron chi connectivity index (χ4n) is 2.49. The van der Waals surface area contributed by atoms with Crippen molar-refractivity contribution in [1.82, 2.24) is 24.8 Å². The Balaban J connectivity index is 0.000000171. The Kier molecular flexibility index (Phi) is 6.13. The molecular formula is C18H13ClN6O5. The monoisotopic (exact) mass is 428 g/mol. The molecular weight excluding hydrogens is 416 g/mol. The Morgan fingerprint density at radius 3 is 2.10 bits per heavy atom. The van der Waals surface area contributed by atoms with Crippen molar-refractivity contribution in [2.75, 3.05) is 4.90 Å². The first-order chi connectivity index (χ1) is 14.4. The number of H-pyrrole nitrogens is 1. The molecule has 152 valence electrons. The Morgan fingerprint density at radius 1 is 0.933 bits per heavy atom. The number of nitrogens with one attached hydrogen (secondary N) is 2. The fourth-order valence-corrected chi connectivity index (χ4v) is 2.67. The highest BCUT2D eigenvalue weighted by molar-refractivity contribution is 6.29. The van der Waals surface area contributed by atoms with E-state index in [-0.39, 0.29) is 11.6 Å². The van der Waals surface area contributed by atoms with E-state index in [1.807, 2.05) is 0 Å². The van der Waals surface area contributed by atoms with Gasteiger partial charge in [-0.2, -0.15) is 0 Å². The maximum atomic E-state index is 11.5. The molecule has 0 saturated carbocycles. The normalized spacial score (nSPS) is 13.4. The second-order valence-corrected chi connectivity index (χ2v) is 6.18. The van der Waals surface area contributed by atoms with Gasteiger partial charge >= 0.3 is 11.7 Å². The molecule has 0 aromatic carbocycles. The Bertz CT molecular complexity index is 1160. The summed E-state index contributed by atoms with van der Waals surface area (Å²) in [4.78, 5) is 67.4. The second-order valence-electron chi connectivity index (χ2n) is 5.78. The number of aromatic amines is 1. The first kappa shape index (κ1) is 20.6. The van der Waals surface area contributed by atoms with Crippen LogP contribution in [0.3, 0.4) is 0 Å². The van der Waals surface area contributed by atoms with E-state index in [0.717, 1.165) is 15.5 Å². The first-order valence-corrected chi connectivity index (χ1v) is 8.73. The van der Waals surface area contributed by atoms with Gasteiger partial charge in [-0.05, 0) is 24.3 Å². The molecule has 4 rings (SSSR count). The minimum atomic E-state index is -0.732. The minimum absolute atomic E-state index is 0.0186. The van der Waals surface area contributed by atoms with E-state index >= 15 is 0 Å². The number of amides is 4. The lowest BCUT2D eigenvalue weighted by atomic mass is 10.2. The van der Waals surface area contributed by atoms with Crippen molar-refractivity contribution < 1.29 is 14.4 Å². The van der Waals surface area contributed by atoms with E-state index in [2.05, 4.69) is 20.3 Å². The zero-order valence-corrected chi connectivity index (χ0v) is 15.9. The number of pyridine rings is 2. The quantitative estimate of drug-likeness (QED) is 0.449. The van der Waals surface area contributed by atoms with Gasteiger partial charge in [0.2, 0.25) is 11.8 Å². The molecule has 12 heteroatoms. The molecule has 0 unspecified atom stereocenters. The summed E-state index contributed by atoms with van der Waals surface area (Å²) in [5.74, 6) is -1.12. The molecule has 2 N–H and O–H groups in total. The van der Waals surface area contributed by atoms with Crippen LogP contribution in [0.4, 0.5) is 10.5 Å². The minimum Gasteiger partial charge on any atom is -0.297 e. The van der Waals surface area contributed by atoms with Crippen LogP contribution in [0.5, 0.6) is 0 Å². The number of barbiturate groups is 1. The number of hydrogen-bond acceptors (Lipinski definition) is 7. The number of carbonyl (C=O) groups is 3. The molecule has 0 spiro atoms. The summed E-state index contributed by atoms with van der Waals surface area (Å²) in [6.07, 6.45) is 5.57. The molecule has 4 amide bonds. The van der Waals surface area contributed by atoms with Crippen LogP contribution in [0.2, 0.25) is 5.15 Å². The largest absolute Gasteiger partial charge is 0.335 e. The van der Waals surface area contributed by atoms with Crippen LogP contribution in [0.25, 0.3) is 5.69 Å². The van der Waals surface area contributed by atoms with Crippen LogP contribution < -0.4 is 21.5 Å². The number of halogens is 1. The highest BCUT2D eigenvalue weighted by Crippen LogP contribution is 2.15. The van der Waals surface area contributed by atoms with Crippen LogP contribution >= 0.6 is 11.6 Å². The number of nitrogens with zero attached hydrogens (tertiary/aromatic N) is 4. The smallest absolute Gasteiger partial charge is 0.297 e. The molecule has 1 aliphatic rings. The van der Waals surface area contributed by atoms with E-state index in [1.54, 1.807) is 30.5 Å². The van der Waals surface area contributed by atoms with Crippen molar-refractivity contribution in [2.45, 2.75) is 6.42 Å². The molecule has 0 aliphatic carbocycles. The SMILES string of the molecule is O=C1CC(=O)N(c2cccnc2)C(=O)N1.O=c1cc(Cl)[nH]c(=O)n1-c1cccnc1. The third-order valence-electron chi connectivity index (χ3n) is 3.72. The summed E-state index contributed by atoms with van der Waals surface area (Å²) in [6.45, 7) is 0. The summed E-state index contributed by atoms with van der Waals surface area (Å²) in [5, 5.41) is 2.08. The second kappa shape index (κ2) is 8.92. The number of carbonyl (C=O) groups excluding carboxylic acids is 3. The van der Waals surface area contributed by atoms with Gasteiger partial charge in [-0.1, -0.05) is 11.6 Å². The van der Waals surface area contributed by atoms with Crippen molar-refractivity contribution in [3.05, 3.63) is 81.1 Å². The predicted octanol–water partition coefficient (Wildman–Crippen LogP) is 0.629. The molecule has 30 heavy (non-hydrogen) atoms. The van der Waals surface area contributed by atoms with Gasteiger partial charge in [0.1, 0.15) is 11.6 Å². The van der Waals surface area contributed by atoms with E-state index in [0.29, 0.717) is 11.4 Å². The molecule has 1 saturated heterocycles. The van der Waals surface area contributed by atoms with Gasteiger partial charge < -0.3 is 0 Å². The van der Waals surface area contributed by atoms with Crippen molar-refractivity contribution >= 4 is 35.1 Å². The maximum absolute atomic E-state index is 11.5. The number of rotatable bonds is 2. The standard InChI is InChI=1S/C9H6ClN3O2.C9H7N3O3/c10-7-4-8(14)13(9(15)12-7)6-2-1-3-11-5-6;13-7-4-8(14)12(9(15)11-7)6-2-1-3-10-5-6/h1-5H,(H,12,15);1-3,5H,4H2,(H,11,13,15). The number of aromatic nitrogens is 4. The molecule has 3 aromatic rings. The lowest BCUT2D eigenvalue weighted by molar-refractivity contribution is -0.128. The Hall–Kier alpha value is -4.12. The van der Waals surface area contributed by atoms with Gasteiger partial charge in [0.05, 0.1) is 23.8 Å². The Labute approximate surface area is 173 Å². The van der Waals surface area contributed by atoms with Gasteiger partial charge in [-0.15, -0.1) is 0 Å². The number of anilines is 1. The zero-order chi connectivity index (χ0) is 21.7. The number of urea groups is 1. The number of hydrogen-bond donors (Lipinski definition) is 2. The highest BCUT2D eigenvalue weighted by atomic mass is 35.5. The van der Waals surface area contributed by atoms with Gasteiger partial charge in [-0.3, -0.25) is 34.7 Å². The summed E-state index contributed by atoms with van der Waals surface area (Å²) in [7, 11) is 0. The van der Waals surface area contributed by atoms with Crippen LogP contribution in [0, 0.1) is 0 Å². The summed E-state index contributed by atoms with van der Waals surface area (Å²) >= 11 is 5.53. The molecule has 1 aliphatic heterocycles. The van der Waals surface area contributed by atoms with Gasteiger partial charge in [0.25, 0.3) is 5.56 Å². The highest BCUT2D eigenvalue weighted by Gasteiger charge is 2.31. The average molecular weight is 429 g/mol. The summed E-state index contributed by atoms with van der Waals surface area (Å²) < 4.78 is 0.957. The van der Waals surface area contributed by atoms with E-state index in [4.69, 9.17) is 11.6 Å². The van der Waals surface area contributed by atoms with Crippen molar-refractivity contribution in [2.24, 2.45) is 0 Å². The molecule has 11 nitrogen and oxygen atoms in total. The summed E-state index contributed by atoms with van der Waals surface area (Å²) in [6, 6.07) is 6.82. The first-order valence-electron chi connectivity index (χ1n) is 8.36. The van der Waals surface area contributed by atoms with Crippen molar-refractivity contribution in [3.63, 3.8) is 0 Å². The zero-order valence-electron chi connectivity index (χ0n) is 15.1. The predicted molar refractivity (Wildman–Crippen MR) is 105 cm³/mol. The maximum Gasteiger partial charge on any atom is 0.335 e. The van der Waals surface area contributed by atoms with Crippen LogP contribution in [-0.4, -0.2) is 37.4 Å². The van der Waals surface area contributed by atoms with E-state index in [9.17, 15) is 24.0 Å². The summed E-state index contributed by atoms with van der Waals surface area (Å²) in [5.41, 5.74) is -0.315. The van der Waals surface area contributed by atoms with E-state index < -0.39 is 29.1 Å². The van der Waals surface area contributed by atoms with Crippen molar-refractivity contribution in [3.8, 4) is 5.69 Å². The van der Waals surface area contributed by atoms with Crippen LogP contribution in [0.1, 0.15) is 6.42 Å².